The Bertz CT molecular complexity index is 880. The van der Waals surface area contributed by atoms with Crippen LogP contribution in [0.4, 0.5) is 17.3 Å². The molecule has 0 bridgehead atoms. The number of rotatable bonds is 4. The number of amides is 1. The van der Waals surface area contributed by atoms with E-state index in [0.29, 0.717) is 33.1 Å². The van der Waals surface area contributed by atoms with Gasteiger partial charge in [-0.25, -0.2) is 9.97 Å². The summed E-state index contributed by atoms with van der Waals surface area (Å²) < 4.78 is 4.87. The van der Waals surface area contributed by atoms with Gasteiger partial charge in [0.05, 0.1) is 23.1 Å². The minimum absolute atomic E-state index is 0.137. The van der Waals surface area contributed by atoms with Crippen LogP contribution >= 0.6 is 23.2 Å². The van der Waals surface area contributed by atoms with Crippen LogP contribution in [0.1, 0.15) is 16.2 Å². The number of aromatic nitrogens is 3. The molecule has 7 nitrogen and oxygen atoms in total. The number of nitrogens with one attached hydrogen (secondary N) is 2. The van der Waals surface area contributed by atoms with Crippen LogP contribution in [0, 0.1) is 6.92 Å². The summed E-state index contributed by atoms with van der Waals surface area (Å²) in [5.74, 6) is 0.887. The standard InChI is InChI=1S/C15H11Cl2N5O2/c1-8-4-13(22-24-8)21-15(23)12-6-19-14(7-18-12)20-11-5-9(16)2-3-10(11)17/h2-7H,1H3,(H,19,20)(H,21,22,23). The molecule has 1 aromatic carbocycles. The highest BCUT2D eigenvalue weighted by atomic mass is 35.5. The molecule has 3 aromatic rings. The Morgan fingerprint density at radius 1 is 1.12 bits per heavy atom. The zero-order valence-corrected chi connectivity index (χ0v) is 13.9. The zero-order valence-electron chi connectivity index (χ0n) is 12.4. The number of benzene rings is 1. The number of carbonyl (C=O) groups excluding carboxylic acids is 1. The molecule has 0 aliphatic rings. The third-order valence-electron chi connectivity index (χ3n) is 2.95. The van der Waals surface area contributed by atoms with Gasteiger partial charge in [0.15, 0.2) is 5.82 Å². The molecule has 9 heteroatoms. The third-order valence-corrected chi connectivity index (χ3v) is 3.51. The van der Waals surface area contributed by atoms with Gasteiger partial charge >= 0.3 is 0 Å². The molecule has 0 aliphatic carbocycles. The molecule has 0 saturated heterocycles. The Hall–Kier alpha value is -2.64. The van der Waals surface area contributed by atoms with Gasteiger partial charge in [0, 0.05) is 11.1 Å². The fraction of sp³-hybridized carbons (Fsp3) is 0.0667. The summed E-state index contributed by atoms with van der Waals surface area (Å²) in [5.41, 5.74) is 0.729. The predicted molar refractivity (Wildman–Crippen MR) is 91.0 cm³/mol. The van der Waals surface area contributed by atoms with E-state index in [0.717, 1.165) is 0 Å². The summed E-state index contributed by atoms with van der Waals surface area (Å²) in [6, 6.07) is 6.61. The highest BCUT2D eigenvalue weighted by Gasteiger charge is 2.11. The van der Waals surface area contributed by atoms with E-state index in [1.807, 2.05) is 0 Å². The summed E-state index contributed by atoms with van der Waals surface area (Å²) in [4.78, 5) is 20.2. The average molecular weight is 364 g/mol. The summed E-state index contributed by atoms with van der Waals surface area (Å²) in [7, 11) is 0. The number of aryl methyl sites for hydroxylation is 1. The van der Waals surface area contributed by atoms with Gasteiger partial charge in [-0.05, 0) is 25.1 Å². The van der Waals surface area contributed by atoms with Gasteiger partial charge in [-0.15, -0.1) is 0 Å². The Balaban J connectivity index is 1.71. The highest BCUT2D eigenvalue weighted by molar-refractivity contribution is 6.35. The number of anilines is 3. The van der Waals surface area contributed by atoms with Crippen molar-refractivity contribution < 1.29 is 9.32 Å². The molecule has 2 heterocycles. The second-order valence-corrected chi connectivity index (χ2v) is 5.66. The Morgan fingerprint density at radius 3 is 2.62 bits per heavy atom. The number of nitrogens with zero attached hydrogens (tertiary/aromatic N) is 3. The lowest BCUT2D eigenvalue weighted by molar-refractivity contribution is 0.102. The lowest BCUT2D eigenvalue weighted by atomic mass is 10.3. The maximum Gasteiger partial charge on any atom is 0.277 e. The van der Waals surface area contributed by atoms with E-state index in [2.05, 4.69) is 25.8 Å². The molecule has 0 aliphatic heterocycles. The van der Waals surface area contributed by atoms with E-state index in [4.69, 9.17) is 27.7 Å². The summed E-state index contributed by atoms with van der Waals surface area (Å²) in [6.45, 7) is 1.73. The van der Waals surface area contributed by atoms with Crippen LogP contribution < -0.4 is 10.6 Å². The molecular weight excluding hydrogens is 353 g/mol. The Kier molecular flexibility index (Phi) is 4.64. The molecule has 0 unspecified atom stereocenters. The molecule has 122 valence electrons. The van der Waals surface area contributed by atoms with Crippen LogP contribution in [0.25, 0.3) is 0 Å². The minimum atomic E-state index is -0.442. The fourth-order valence-electron chi connectivity index (χ4n) is 1.85. The zero-order chi connectivity index (χ0) is 17.1. The molecule has 0 spiro atoms. The molecule has 1 amide bonds. The van der Waals surface area contributed by atoms with Crippen LogP contribution in [0.2, 0.25) is 10.0 Å². The first-order valence-corrected chi connectivity index (χ1v) is 7.55. The molecule has 0 atom stereocenters. The normalized spacial score (nSPS) is 10.5. The molecule has 2 N–H and O–H groups in total. The van der Waals surface area contributed by atoms with E-state index in [1.165, 1.54) is 12.4 Å². The van der Waals surface area contributed by atoms with Crippen molar-refractivity contribution in [3.05, 3.63) is 58.2 Å². The first-order chi connectivity index (χ1) is 11.5. The second kappa shape index (κ2) is 6.86. The van der Waals surface area contributed by atoms with Crippen molar-refractivity contribution in [3.63, 3.8) is 0 Å². The van der Waals surface area contributed by atoms with Gasteiger partial charge in [0.25, 0.3) is 5.91 Å². The van der Waals surface area contributed by atoms with Crippen molar-refractivity contribution in [2.24, 2.45) is 0 Å². The molecule has 3 rings (SSSR count). The number of halogens is 2. The molecule has 2 aromatic heterocycles. The van der Waals surface area contributed by atoms with E-state index in [-0.39, 0.29) is 5.69 Å². The van der Waals surface area contributed by atoms with Crippen molar-refractivity contribution >= 4 is 46.4 Å². The predicted octanol–water partition coefficient (Wildman–Crippen LogP) is 4.08. The van der Waals surface area contributed by atoms with E-state index in [9.17, 15) is 4.79 Å². The van der Waals surface area contributed by atoms with E-state index >= 15 is 0 Å². The Morgan fingerprint density at radius 2 is 1.96 bits per heavy atom. The summed E-state index contributed by atoms with van der Waals surface area (Å²) in [6.07, 6.45) is 2.75. The quantitative estimate of drug-likeness (QED) is 0.725. The molecule has 0 saturated carbocycles. The monoisotopic (exact) mass is 363 g/mol. The van der Waals surface area contributed by atoms with Gasteiger partial charge in [0.2, 0.25) is 0 Å². The number of hydrogen-bond acceptors (Lipinski definition) is 6. The largest absolute Gasteiger partial charge is 0.360 e. The van der Waals surface area contributed by atoms with Crippen LogP contribution in [0.5, 0.6) is 0 Å². The van der Waals surface area contributed by atoms with Crippen molar-refractivity contribution in [1.29, 1.82) is 0 Å². The second-order valence-electron chi connectivity index (χ2n) is 4.81. The van der Waals surface area contributed by atoms with Crippen LogP contribution in [-0.2, 0) is 0 Å². The molecular formula is C15H11Cl2N5O2. The molecule has 0 fully saturated rings. The third kappa shape index (κ3) is 3.81. The maximum atomic E-state index is 12.0. The topological polar surface area (TPSA) is 92.9 Å². The lowest BCUT2D eigenvalue weighted by Crippen LogP contribution is -2.14. The Labute approximate surface area is 147 Å². The number of carbonyl (C=O) groups is 1. The van der Waals surface area contributed by atoms with Crippen LogP contribution in [0.3, 0.4) is 0 Å². The van der Waals surface area contributed by atoms with Gasteiger partial charge < -0.3 is 15.2 Å². The van der Waals surface area contributed by atoms with Crippen LogP contribution in [-0.4, -0.2) is 21.0 Å². The van der Waals surface area contributed by atoms with Gasteiger partial charge in [-0.1, -0.05) is 28.4 Å². The number of hydrogen-bond donors (Lipinski definition) is 2. The molecule has 24 heavy (non-hydrogen) atoms. The maximum absolute atomic E-state index is 12.0. The SMILES string of the molecule is Cc1cc(NC(=O)c2cnc(Nc3cc(Cl)ccc3Cl)cn2)no1. The van der Waals surface area contributed by atoms with Gasteiger partial charge in [-0.3, -0.25) is 4.79 Å². The van der Waals surface area contributed by atoms with Gasteiger partial charge in [0.1, 0.15) is 17.3 Å². The minimum Gasteiger partial charge on any atom is -0.360 e. The van der Waals surface area contributed by atoms with Crippen molar-refractivity contribution in [1.82, 2.24) is 15.1 Å². The van der Waals surface area contributed by atoms with E-state index < -0.39 is 5.91 Å². The summed E-state index contributed by atoms with van der Waals surface area (Å²) in [5, 5.41) is 10.2. The molecule has 0 radical (unpaired) electrons. The van der Waals surface area contributed by atoms with E-state index in [1.54, 1.807) is 31.2 Å². The average Bonchev–Trinajstić information content (AvgIpc) is 2.96. The fourth-order valence-corrected chi connectivity index (χ4v) is 2.18. The lowest BCUT2D eigenvalue weighted by Gasteiger charge is -2.08. The van der Waals surface area contributed by atoms with Crippen LogP contribution in [0.15, 0.2) is 41.2 Å². The first-order valence-electron chi connectivity index (χ1n) is 6.80. The van der Waals surface area contributed by atoms with Crippen molar-refractivity contribution in [3.8, 4) is 0 Å². The first kappa shape index (κ1) is 16.2. The smallest absolute Gasteiger partial charge is 0.277 e. The van der Waals surface area contributed by atoms with Crippen molar-refractivity contribution in [2.45, 2.75) is 6.92 Å². The highest BCUT2D eigenvalue weighted by Crippen LogP contribution is 2.27. The summed E-state index contributed by atoms with van der Waals surface area (Å²) >= 11 is 12.0. The van der Waals surface area contributed by atoms with Crippen molar-refractivity contribution in [2.75, 3.05) is 10.6 Å². The van der Waals surface area contributed by atoms with Gasteiger partial charge in [-0.2, -0.15) is 0 Å².